The van der Waals surface area contributed by atoms with E-state index < -0.39 is 30.4 Å². The third-order valence-corrected chi connectivity index (χ3v) is 1.91. The maximum atomic E-state index is 11.3. The number of urea groups is 1. The minimum Gasteiger partial charge on any atom is -0.480 e. The Morgan fingerprint density at radius 2 is 1.83 bits per heavy atom. The Morgan fingerprint density at radius 3 is 2.22 bits per heavy atom. The van der Waals surface area contributed by atoms with Crippen molar-refractivity contribution in [2.45, 2.75) is 12.5 Å². The molecule has 9 heteroatoms. The zero-order valence-corrected chi connectivity index (χ0v) is 10.1. The maximum absolute atomic E-state index is 11.3. The number of nitrogens with two attached hydrogens (primary N) is 1. The second-order valence-electron chi connectivity index (χ2n) is 3.68. The van der Waals surface area contributed by atoms with Gasteiger partial charge in [-0.3, -0.25) is 9.59 Å². The predicted molar refractivity (Wildman–Crippen MR) is 60.5 cm³/mol. The minimum absolute atomic E-state index is 0.276. The molecule has 0 aromatic carbocycles. The minimum atomic E-state index is -1.42. The van der Waals surface area contributed by atoms with Gasteiger partial charge in [0.25, 0.3) is 0 Å². The molecule has 0 heterocycles. The molecule has 0 rings (SSSR count). The lowest BCUT2D eigenvalue weighted by molar-refractivity contribution is -0.140. The van der Waals surface area contributed by atoms with Gasteiger partial charge in [0.2, 0.25) is 11.8 Å². The third-order valence-electron chi connectivity index (χ3n) is 1.91. The summed E-state index contributed by atoms with van der Waals surface area (Å²) >= 11 is 0. The van der Waals surface area contributed by atoms with Crippen molar-refractivity contribution < 1.29 is 24.3 Å². The highest BCUT2D eigenvalue weighted by atomic mass is 16.4. The van der Waals surface area contributed by atoms with Gasteiger partial charge in [0.1, 0.15) is 6.04 Å². The normalized spacial score (nSPS) is 11.2. The second kappa shape index (κ2) is 7.09. The number of hydrogen-bond donors (Lipinski definition) is 4. The zero-order valence-electron chi connectivity index (χ0n) is 10.1. The number of amides is 4. The van der Waals surface area contributed by atoms with Crippen LogP contribution in [0.15, 0.2) is 0 Å². The molecule has 0 spiro atoms. The van der Waals surface area contributed by atoms with E-state index in [1.165, 1.54) is 19.0 Å². The summed E-state index contributed by atoms with van der Waals surface area (Å²) in [5.41, 5.74) is 4.83. The van der Waals surface area contributed by atoms with Crippen LogP contribution in [-0.2, 0) is 14.4 Å². The van der Waals surface area contributed by atoms with Crippen LogP contribution in [0.1, 0.15) is 6.42 Å². The van der Waals surface area contributed by atoms with E-state index in [0.29, 0.717) is 0 Å². The molecule has 0 aliphatic rings. The molecule has 0 aromatic rings. The molecule has 0 saturated heterocycles. The average molecular weight is 260 g/mol. The van der Waals surface area contributed by atoms with E-state index in [-0.39, 0.29) is 12.5 Å². The van der Waals surface area contributed by atoms with Crippen molar-refractivity contribution in [3.63, 3.8) is 0 Å². The zero-order chi connectivity index (χ0) is 14.3. The lowest BCUT2D eigenvalue weighted by atomic mass is 10.2. The summed E-state index contributed by atoms with van der Waals surface area (Å²) in [5.74, 6) is -2.60. The fourth-order valence-corrected chi connectivity index (χ4v) is 0.925. The summed E-state index contributed by atoms with van der Waals surface area (Å²) in [6, 6.07) is -2.28. The van der Waals surface area contributed by atoms with Crippen LogP contribution < -0.4 is 16.4 Å². The molecule has 0 saturated carbocycles. The summed E-state index contributed by atoms with van der Waals surface area (Å²) < 4.78 is 0. The molecule has 0 radical (unpaired) electrons. The molecule has 0 fully saturated rings. The number of nitrogens with zero attached hydrogens (tertiary/aromatic N) is 1. The second-order valence-corrected chi connectivity index (χ2v) is 3.68. The quantitative estimate of drug-likeness (QED) is 0.425. The highest BCUT2D eigenvalue weighted by Gasteiger charge is 2.22. The highest BCUT2D eigenvalue weighted by molar-refractivity contribution is 5.89. The average Bonchev–Trinajstić information content (AvgIpc) is 2.23. The van der Waals surface area contributed by atoms with Gasteiger partial charge in [-0.25, -0.2) is 9.59 Å². The van der Waals surface area contributed by atoms with Crippen LogP contribution in [0.25, 0.3) is 0 Å². The first-order valence-corrected chi connectivity index (χ1v) is 4.99. The molecule has 5 N–H and O–H groups in total. The standard InChI is InChI=1S/C9H16N4O5/c1-13(2)7(15)4-11-9(18)12-5(8(16)17)3-6(10)14/h5H,3-4H2,1-2H3,(H2,10,14)(H,16,17)(H2,11,12,18). The molecule has 0 aliphatic heterocycles. The summed E-state index contributed by atoms with van der Waals surface area (Å²) in [7, 11) is 3.02. The summed E-state index contributed by atoms with van der Waals surface area (Å²) in [6.45, 7) is -0.276. The molecule has 0 bridgehead atoms. The highest BCUT2D eigenvalue weighted by Crippen LogP contribution is 1.91. The fraction of sp³-hybridized carbons (Fsp3) is 0.556. The first-order chi connectivity index (χ1) is 8.23. The van der Waals surface area contributed by atoms with Crippen LogP contribution >= 0.6 is 0 Å². The van der Waals surface area contributed by atoms with Crippen LogP contribution in [0.2, 0.25) is 0 Å². The largest absolute Gasteiger partial charge is 0.480 e. The van der Waals surface area contributed by atoms with E-state index in [0.717, 1.165) is 0 Å². The molecule has 0 aliphatic carbocycles. The van der Waals surface area contributed by atoms with Gasteiger partial charge in [-0.15, -0.1) is 0 Å². The van der Waals surface area contributed by atoms with Gasteiger partial charge >= 0.3 is 12.0 Å². The van der Waals surface area contributed by atoms with Crippen molar-refractivity contribution >= 4 is 23.8 Å². The fourth-order valence-electron chi connectivity index (χ4n) is 0.925. The Labute approximate surface area is 103 Å². The van der Waals surface area contributed by atoms with E-state index in [9.17, 15) is 19.2 Å². The number of aliphatic carboxylic acids is 1. The van der Waals surface area contributed by atoms with Gasteiger partial charge in [-0.1, -0.05) is 0 Å². The van der Waals surface area contributed by atoms with Gasteiger partial charge in [0.05, 0.1) is 13.0 Å². The van der Waals surface area contributed by atoms with Crippen LogP contribution in [0.4, 0.5) is 4.79 Å². The topological polar surface area (TPSA) is 142 Å². The number of primary amides is 1. The lowest BCUT2D eigenvalue weighted by Crippen LogP contribution is -2.49. The molecule has 1 atom stereocenters. The molecule has 102 valence electrons. The Kier molecular flexibility index (Phi) is 6.18. The van der Waals surface area contributed by atoms with E-state index in [2.05, 4.69) is 5.32 Å². The molecule has 18 heavy (non-hydrogen) atoms. The summed E-state index contributed by atoms with van der Waals surface area (Å²) in [6.07, 6.45) is -0.523. The van der Waals surface area contributed by atoms with Gasteiger partial charge in [0.15, 0.2) is 0 Å². The SMILES string of the molecule is CN(C)C(=O)CNC(=O)NC(CC(N)=O)C(=O)O. The van der Waals surface area contributed by atoms with E-state index in [4.69, 9.17) is 10.8 Å². The van der Waals surface area contributed by atoms with Crippen LogP contribution in [0.5, 0.6) is 0 Å². The number of carboxylic acids is 1. The monoisotopic (exact) mass is 260 g/mol. The van der Waals surface area contributed by atoms with Crippen molar-refractivity contribution in [3.05, 3.63) is 0 Å². The number of rotatable bonds is 6. The number of likely N-dealkylation sites (N-methyl/N-ethyl adjacent to an activating group) is 1. The molecule has 0 aromatic heterocycles. The van der Waals surface area contributed by atoms with Gasteiger partial charge in [-0.05, 0) is 0 Å². The van der Waals surface area contributed by atoms with E-state index in [1.807, 2.05) is 5.32 Å². The van der Waals surface area contributed by atoms with E-state index in [1.54, 1.807) is 0 Å². The third kappa shape index (κ3) is 6.30. The van der Waals surface area contributed by atoms with Crippen molar-refractivity contribution in [1.29, 1.82) is 0 Å². The molecular weight excluding hydrogens is 244 g/mol. The summed E-state index contributed by atoms with van der Waals surface area (Å²) in [4.78, 5) is 44.9. The van der Waals surface area contributed by atoms with Crippen molar-refractivity contribution in [1.82, 2.24) is 15.5 Å². The number of nitrogens with one attached hydrogen (secondary N) is 2. The van der Waals surface area contributed by atoms with Crippen molar-refractivity contribution in [3.8, 4) is 0 Å². The first-order valence-electron chi connectivity index (χ1n) is 4.99. The Hall–Kier alpha value is -2.32. The molecule has 4 amide bonds. The number of carbonyl (C=O) groups is 4. The Bertz CT molecular complexity index is 355. The number of carboxylic acid groups (broad SMARTS) is 1. The maximum Gasteiger partial charge on any atom is 0.326 e. The van der Waals surface area contributed by atoms with E-state index >= 15 is 0 Å². The van der Waals surface area contributed by atoms with Crippen molar-refractivity contribution in [2.75, 3.05) is 20.6 Å². The predicted octanol–water partition coefficient (Wildman–Crippen LogP) is -2.30. The Morgan fingerprint density at radius 1 is 1.28 bits per heavy atom. The number of carbonyl (C=O) groups excluding carboxylic acids is 3. The molecule has 9 nitrogen and oxygen atoms in total. The molecule has 1 unspecified atom stereocenters. The van der Waals surface area contributed by atoms with Gasteiger partial charge in [-0.2, -0.15) is 0 Å². The van der Waals surface area contributed by atoms with Gasteiger partial charge in [0, 0.05) is 14.1 Å². The lowest BCUT2D eigenvalue weighted by Gasteiger charge is -2.14. The van der Waals surface area contributed by atoms with Crippen LogP contribution in [0, 0.1) is 0 Å². The van der Waals surface area contributed by atoms with Crippen molar-refractivity contribution in [2.24, 2.45) is 5.73 Å². The Balaban J connectivity index is 4.22. The van der Waals surface area contributed by atoms with Gasteiger partial charge < -0.3 is 26.4 Å². The van der Waals surface area contributed by atoms with Crippen LogP contribution in [0.3, 0.4) is 0 Å². The summed E-state index contributed by atoms with van der Waals surface area (Å²) in [5, 5.41) is 12.9. The smallest absolute Gasteiger partial charge is 0.326 e. The van der Waals surface area contributed by atoms with Crippen LogP contribution in [-0.4, -0.2) is 60.5 Å². The first kappa shape index (κ1) is 15.7. The number of hydrogen-bond acceptors (Lipinski definition) is 4. The molecular formula is C9H16N4O5.